The second-order valence-electron chi connectivity index (χ2n) is 6.10. The van der Waals surface area contributed by atoms with Crippen molar-refractivity contribution < 1.29 is 17.6 Å². The van der Waals surface area contributed by atoms with Crippen LogP contribution >= 0.6 is 0 Å². The molecule has 1 N–H and O–H groups in total. The molecule has 1 aliphatic heterocycles. The Morgan fingerprint density at radius 3 is 2.57 bits per heavy atom. The smallest absolute Gasteiger partial charge is 0.304 e. The Bertz CT molecular complexity index is 833. The number of nitrogens with zero attached hydrogens (tertiary/aromatic N) is 1. The van der Waals surface area contributed by atoms with Gasteiger partial charge in [-0.3, -0.25) is 4.79 Å². The summed E-state index contributed by atoms with van der Waals surface area (Å²) in [6.45, 7) is 5.05. The summed E-state index contributed by atoms with van der Waals surface area (Å²) in [6.07, 6.45) is 1.63. The molecular weight excluding hydrogens is 316 g/mol. The topological polar surface area (TPSA) is 79.6 Å². The zero-order valence-corrected chi connectivity index (χ0v) is 14.0. The number of fused-ring (bicyclic) bond motifs is 1. The van der Waals surface area contributed by atoms with E-state index in [9.17, 15) is 13.2 Å². The van der Waals surface area contributed by atoms with Crippen molar-refractivity contribution in [1.82, 2.24) is 9.03 Å². The largest absolute Gasteiger partial charge is 0.451 e. The molecule has 0 atom stereocenters. The third-order valence-corrected chi connectivity index (χ3v) is 5.55. The Kier molecular flexibility index (Phi) is 4.16. The van der Waals surface area contributed by atoms with Gasteiger partial charge < -0.3 is 4.42 Å². The van der Waals surface area contributed by atoms with Gasteiger partial charge in [-0.1, -0.05) is 19.9 Å². The van der Waals surface area contributed by atoms with E-state index < -0.39 is 16.1 Å². The molecule has 0 radical (unpaired) electrons. The van der Waals surface area contributed by atoms with E-state index in [0.717, 1.165) is 23.8 Å². The number of carbonyl (C=O) groups is 1. The highest BCUT2D eigenvalue weighted by Gasteiger charge is 2.28. The average molecular weight is 336 g/mol. The maximum atomic E-state index is 12.2. The molecule has 1 aliphatic rings. The first-order valence-corrected chi connectivity index (χ1v) is 9.16. The lowest BCUT2D eigenvalue weighted by molar-refractivity contribution is 0.0954. The van der Waals surface area contributed by atoms with Gasteiger partial charge >= 0.3 is 16.1 Å². The number of rotatable bonds is 4. The van der Waals surface area contributed by atoms with Gasteiger partial charge in [0.1, 0.15) is 5.58 Å². The van der Waals surface area contributed by atoms with Crippen LogP contribution in [0.3, 0.4) is 0 Å². The first-order chi connectivity index (χ1) is 10.9. The first-order valence-electron chi connectivity index (χ1n) is 7.72. The molecule has 0 unspecified atom stereocenters. The number of nitrogens with one attached hydrogen (secondary N) is 1. The summed E-state index contributed by atoms with van der Waals surface area (Å²) in [5, 5.41) is 0.792. The van der Waals surface area contributed by atoms with Crippen LogP contribution in [0.4, 0.5) is 0 Å². The summed E-state index contributed by atoms with van der Waals surface area (Å²) < 4.78 is 33.1. The standard InChI is InChI=1S/C16H20N2O4S/c1-11(2)12-5-6-14-13(9-12)10-15(22-14)16(19)17-23(20,21)18-7-3-4-8-18/h5-6,9-11H,3-4,7-8H2,1-2H3,(H,17,19). The zero-order chi connectivity index (χ0) is 16.6. The average Bonchev–Trinajstić information content (AvgIpc) is 3.15. The van der Waals surface area contributed by atoms with Crippen molar-refractivity contribution in [2.45, 2.75) is 32.6 Å². The minimum Gasteiger partial charge on any atom is -0.451 e. The molecule has 23 heavy (non-hydrogen) atoms. The van der Waals surface area contributed by atoms with Crippen molar-refractivity contribution in [1.29, 1.82) is 0 Å². The number of furan rings is 1. The van der Waals surface area contributed by atoms with Crippen LogP contribution in [-0.4, -0.2) is 31.7 Å². The van der Waals surface area contributed by atoms with Crippen LogP contribution in [0, 0.1) is 0 Å². The van der Waals surface area contributed by atoms with Crippen molar-refractivity contribution in [2.75, 3.05) is 13.1 Å². The predicted molar refractivity (Wildman–Crippen MR) is 87.5 cm³/mol. The van der Waals surface area contributed by atoms with Gasteiger partial charge in [0.15, 0.2) is 5.76 Å². The molecule has 7 heteroatoms. The molecule has 0 bridgehead atoms. The van der Waals surface area contributed by atoms with Crippen LogP contribution < -0.4 is 4.72 Å². The molecule has 0 spiro atoms. The molecular formula is C16H20N2O4S. The third-order valence-electron chi connectivity index (χ3n) is 4.06. The second kappa shape index (κ2) is 5.98. The van der Waals surface area contributed by atoms with Crippen LogP contribution in [0.5, 0.6) is 0 Å². The Morgan fingerprint density at radius 1 is 1.22 bits per heavy atom. The number of benzene rings is 1. The third kappa shape index (κ3) is 3.25. The van der Waals surface area contributed by atoms with Crippen molar-refractivity contribution in [2.24, 2.45) is 0 Å². The molecule has 1 aromatic heterocycles. The van der Waals surface area contributed by atoms with E-state index in [1.807, 2.05) is 12.1 Å². The van der Waals surface area contributed by atoms with Gasteiger partial charge in [0.25, 0.3) is 0 Å². The monoisotopic (exact) mass is 336 g/mol. The highest BCUT2D eigenvalue weighted by molar-refractivity contribution is 7.87. The van der Waals surface area contributed by atoms with Crippen LogP contribution in [-0.2, 0) is 10.2 Å². The molecule has 1 saturated heterocycles. The summed E-state index contributed by atoms with van der Waals surface area (Å²) in [7, 11) is -3.79. The van der Waals surface area contributed by atoms with E-state index in [0.29, 0.717) is 24.6 Å². The van der Waals surface area contributed by atoms with Gasteiger partial charge in [-0.05, 0) is 42.5 Å². The van der Waals surface area contributed by atoms with Crippen LogP contribution in [0.15, 0.2) is 28.7 Å². The molecule has 6 nitrogen and oxygen atoms in total. The molecule has 2 aromatic rings. The Balaban J connectivity index is 1.83. The summed E-state index contributed by atoms with van der Waals surface area (Å²) >= 11 is 0. The van der Waals surface area contributed by atoms with E-state index in [4.69, 9.17) is 4.42 Å². The van der Waals surface area contributed by atoms with Gasteiger partial charge in [0.2, 0.25) is 0 Å². The van der Waals surface area contributed by atoms with E-state index in [-0.39, 0.29) is 5.76 Å². The van der Waals surface area contributed by atoms with Crippen molar-refractivity contribution in [3.8, 4) is 0 Å². The Morgan fingerprint density at radius 2 is 1.91 bits per heavy atom. The van der Waals surface area contributed by atoms with Crippen LogP contribution in [0.25, 0.3) is 11.0 Å². The molecule has 0 saturated carbocycles. The summed E-state index contributed by atoms with van der Waals surface area (Å²) in [6, 6.07) is 7.28. The van der Waals surface area contributed by atoms with Crippen molar-refractivity contribution in [3.63, 3.8) is 0 Å². The maximum Gasteiger partial charge on any atom is 0.304 e. The van der Waals surface area contributed by atoms with Gasteiger partial charge in [0.05, 0.1) is 0 Å². The quantitative estimate of drug-likeness (QED) is 0.931. The molecule has 3 rings (SSSR count). The summed E-state index contributed by atoms with van der Waals surface area (Å²) in [5.74, 6) is -0.370. The highest BCUT2D eigenvalue weighted by atomic mass is 32.2. The van der Waals surface area contributed by atoms with E-state index in [1.165, 1.54) is 4.31 Å². The molecule has 1 fully saturated rings. The van der Waals surface area contributed by atoms with E-state index >= 15 is 0 Å². The lowest BCUT2D eigenvalue weighted by Gasteiger charge is -2.14. The number of amides is 1. The van der Waals surface area contributed by atoms with Crippen LogP contribution in [0.2, 0.25) is 0 Å². The Labute approximate surface area is 135 Å². The normalized spacial score (nSPS) is 16.3. The number of hydrogen-bond acceptors (Lipinski definition) is 4. The zero-order valence-electron chi connectivity index (χ0n) is 13.2. The fourth-order valence-corrected chi connectivity index (χ4v) is 3.90. The Hall–Kier alpha value is -1.86. The molecule has 0 aliphatic carbocycles. The predicted octanol–water partition coefficient (Wildman–Crippen LogP) is 2.63. The van der Waals surface area contributed by atoms with Gasteiger partial charge in [-0.25, -0.2) is 4.72 Å². The first kappa shape index (κ1) is 16.0. The molecule has 2 heterocycles. The lowest BCUT2D eigenvalue weighted by Crippen LogP contribution is -2.41. The fourth-order valence-electron chi connectivity index (χ4n) is 2.69. The van der Waals surface area contributed by atoms with E-state index in [1.54, 1.807) is 12.1 Å². The van der Waals surface area contributed by atoms with Crippen molar-refractivity contribution >= 4 is 27.1 Å². The number of hydrogen-bond donors (Lipinski definition) is 1. The SMILES string of the molecule is CC(C)c1ccc2oc(C(=O)NS(=O)(=O)N3CCCC3)cc2c1. The van der Waals surface area contributed by atoms with Gasteiger partial charge in [-0.15, -0.1) is 0 Å². The van der Waals surface area contributed by atoms with Gasteiger partial charge in [-0.2, -0.15) is 12.7 Å². The minimum absolute atomic E-state index is 0.00341. The summed E-state index contributed by atoms with van der Waals surface area (Å²) in [5.41, 5.74) is 1.70. The highest BCUT2D eigenvalue weighted by Crippen LogP contribution is 2.24. The van der Waals surface area contributed by atoms with Crippen LogP contribution in [0.1, 0.15) is 48.7 Å². The molecule has 1 amide bonds. The fraction of sp³-hybridized carbons (Fsp3) is 0.438. The molecule has 1 aromatic carbocycles. The minimum atomic E-state index is -3.79. The maximum absolute atomic E-state index is 12.2. The van der Waals surface area contributed by atoms with Gasteiger partial charge in [0, 0.05) is 18.5 Å². The van der Waals surface area contributed by atoms with Crippen molar-refractivity contribution in [3.05, 3.63) is 35.6 Å². The number of carbonyl (C=O) groups excluding carboxylic acids is 1. The second-order valence-corrected chi connectivity index (χ2v) is 7.78. The molecule has 124 valence electrons. The van der Waals surface area contributed by atoms with E-state index in [2.05, 4.69) is 18.6 Å². The lowest BCUT2D eigenvalue weighted by atomic mass is 10.0. The summed E-state index contributed by atoms with van der Waals surface area (Å²) in [4.78, 5) is 12.2.